The molecule has 1 fully saturated rings. The fraction of sp³-hybridized carbons (Fsp3) is 0.533. The number of esters is 1. The van der Waals surface area contributed by atoms with Crippen LogP contribution >= 0.6 is 0 Å². The van der Waals surface area contributed by atoms with E-state index in [-0.39, 0.29) is 12.1 Å². The van der Waals surface area contributed by atoms with Gasteiger partial charge in [0.1, 0.15) is 18.5 Å². The van der Waals surface area contributed by atoms with Crippen LogP contribution in [-0.2, 0) is 20.7 Å². The zero-order chi connectivity index (χ0) is 13.5. The van der Waals surface area contributed by atoms with Gasteiger partial charge >= 0.3 is 5.97 Å². The SMILES string of the molecule is CCCOC(=O)CCc1ccc(OCC2CO2)cc1. The molecule has 0 amide bonds. The van der Waals surface area contributed by atoms with E-state index in [0.29, 0.717) is 26.1 Å². The number of carbonyl (C=O) groups is 1. The Morgan fingerprint density at radius 2 is 2.11 bits per heavy atom. The van der Waals surface area contributed by atoms with Crippen molar-refractivity contribution in [2.45, 2.75) is 32.3 Å². The summed E-state index contributed by atoms with van der Waals surface area (Å²) in [5.41, 5.74) is 1.11. The van der Waals surface area contributed by atoms with Gasteiger partial charge in [-0.2, -0.15) is 0 Å². The Morgan fingerprint density at radius 3 is 2.74 bits per heavy atom. The van der Waals surface area contributed by atoms with Gasteiger partial charge in [0.05, 0.1) is 13.2 Å². The number of hydrogen-bond acceptors (Lipinski definition) is 4. The second-order valence-corrected chi connectivity index (χ2v) is 4.63. The van der Waals surface area contributed by atoms with Crippen molar-refractivity contribution in [3.8, 4) is 5.75 Å². The van der Waals surface area contributed by atoms with Gasteiger partial charge in [0.2, 0.25) is 0 Å². The van der Waals surface area contributed by atoms with E-state index < -0.39 is 0 Å². The molecule has 1 aliphatic rings. The summed E-state index contributed by atoms with van der Waals surface area (Å²) in [6, 6.07) is 7.82. The van der Waals surface area contributed by atoms with Crippen molar-refractivity contribution >= 4 is 5.97 Å². The van der Waals surface area contributed by atoms with E-state index in [1.54, 1.807) is 0 Å². The number of hydrogen-bond donors (Lipinski definition) is 0. The van der Waals surface area contributed by atoms with E-state index >= 15 is 0 Å². The molecule has 0 saturated carbocycles. The molecule has 4 nitrogen and oxygen atoms in total. The number of rotatable bonds is 8. The molecule has 0 aromatic heterocycles. The highest BCUT2D eigenvalue weighted by atomic mass is 16.6. The maximum absolute atomic E-state index is 11.4. The minimum Gasteiger partial charge on any atom is -0.491 e. The number of ether oxygens (including phenoxy) is 3. The summed E-state index contributed by atoms with van der Waals surface area (Å²) in [7, 11) is 0. The van der Waals surface area contributed by atoms with Gasteiger partial charge in [-0.05, 0) is 30.5 Å². The first-order valence-electron chi connectivity index (χ1n) is 6.77. The van der Waals surface area contributed by atoms with Crippen molar-refractivity contribution in [3.05, 3.63) is 29.8 Å². The van der Waals surface area contributed by atoms with Crippen molar-refractivity contribution in [1.29, 1.82) is 0 Å². The quantitative estimate of drug-likeness (QED) is 0.534. The highest BCUT2D eigenvalue weighted by Gasteiger charge is 2.22. The van der Waals surface area contributed by atoms with Gasteiger partial charge in [-0.3, -0.25) is 4.79 Å². The van der Waals surface area contributed by atoms with Crippen LogP contribution in [0.5, 0.6) is 5.75 Å². The highest BCUT2D eigenvalue weighted by molar-refractivity contribution is 5.69. The normalized spacial score (nSPS) is 17.0. The minimum atomic E-state index is -0.131. The van der Waals surface area contributed by atoms with Crippen molar-refractivity contribution in [2.75, 3.05) is 19.8 Å². The first-order chi connectivity index (χ1) is 9.28. The molecule has 1 heterocycles. The van der Waals surface area contributed by atoms with E-state index in [0.717, 1.165) is 24.3 Å². The predicted octanol–water partition coefficient (Wildman–Crippen LogP) is 2.35. The second-order valence-electron chi connectivity index (χ2n) is 4.63. The summed E-state index contributed by atoms with van der Waals surface area (Å²) in [5, 5.41) is 0. The molecule has 0 radical (unpaired) electrons. The first-order valence-corrected chi connectivity index (χ1v) is 6.77. The molecule has 104 valence electrons. The number of benzene rings is 1. The van der Waals surface area contributed by atoms with Crippen molar-refractivity contribution in [2.24, 2.45) is 0 Å². The van der Waals surface area contributed by atoms with Crippen molar-refractivity contribution < 1.29 is 19.0 Å². The predicted molar refractivity (Wildman–Crippen MR) is 71.2 cm³/mol. The molecule has 4 heteroatoms. The van der Waals surface area contributed by atoms with Gasteiger partial charge in [0.25, 0.3) is 0 Å². The van der Waals surface area contributed by atoms with Crippen LogP contribution in [0.2, 0.25) is 0 Å². The molecule has 1 unspecified atom stereocenters. The number of epoxide rings is 1. The van der Waals surface area contributed by atoms with Crippen LogP contribution in [0.25, 0.3) is 0 Å². The first kappa shape index (κ1) is 13.9. The zero-order valence-corrected chi connectivity index (χ0v) is 11.3. The summed E-state index contributed by atoms with van der Waals surface area (Å²) in [4.78, 5) is 11.4. The Morgan fingerprint density at radius 1 is 1.37 bits per heavy atom. The average Bonchev–Trinajstić information content (AvgIpc) is 3.26. The molecule has 1 aliphatic heterocycles. The Labute approximate surface area is 113 Å². The third-order valence-electron chi connectivity index (χ3n) is 2.85. The fourth-order valence-corrected chi connectivity index (χ4v) is 1.64. The van der Waals surface area contributed by atoms with Crippen LogP contribution in [0.3, 0.4) is 0 Å². The van der Waals surface area contributed by atoms with E-state index in [4.69, 9.17) is 14.2 Å². The maximum Gasteiger partial charge on any atom is 0.306 e. The lowest BCUT2D eigenvalue weighted by Crippen LogP contribution is -2.06. The highest BCUT2D eigenvalue weighted by Crippen LogP contribution is 2.16. The van der Waals surface area contributed by atoms with Gasteiger partial charge in [0.15, 0.2) is 0 Å². The molecular weight excluding hydrogens is 244 g/mol. The molecule has 1 saturated heterocycles. The van der Waals surface area contributed by atoms with Gasteiger partial charge in [-0.1, -0.05) is 19.1 Å². The number of carbonyl (C=O) groups excluding carboxylic acids is 1. The minimum absolute atomic E-state index is 0.131. The second kappa shape index (κ2) is 7.14. The molecule has 1 aromatic rings. The summed E-state index contributed by atoms with van der Waals surface area (Å²) in [6.45, 7) is 3.91. The molecule has 0 N–H and O–H groups in total. The van der Waals surface area contributed by atoms with Crippen LogP contribution in [0.15, 0.2) is 24.3 Å². The largest absolute Gasteiger partial charge is 0.491 e. The summed E-state index contributed by atoms with van der Waals surface area (Å²) in [5.74, 6) is 0.709. The van der Waals surface area contributed by atoms with Gasteiger partial charge in [-0.15, -0.1) is 0 Å². The van der Waals surface area contributed by atoms with E-state index in [1.807, 2.05) is 31.2 Å². The molecule has 0 spiro atoms. The average molecular weight is 264 g/mol. The lowest BCUT2D eigenvalue weighted by molar-refractivity contribution is -0.143. The van der Waals surface area contributed by atoms with Gasteiger partial charge in [0, 0.05) is 6.42 Å². The summed E-state index contributed by atoms with van der Waals surface area (Å²) in [6.07, 6.45) is 2.26. The van der Waals surface area contributed by atoms with Gasteiger partial charge in [-0.25, -0.2) is 0 Å². The Bertz CT molecular complexity index is 395. The molecule has 19 heavy (non-hydrogen) atoms. The van der Waals surface area contributed by atoms with Crippen molar-refractivity contribution in [3.63, 3.8) is 0 Å². The van der Waals surface area contributed by atoms with Crippen LogP contribution in [-0.4, -0.2) is 31.9 Å². The maximum atomic E-state index is 11.4. The molecule has 1 aromatic carbocycles. The molecule has 0 aliphatic carbocycles. The lowest BCUT2D eigenvalue weighted by atomic mass is 10.1. The Hall–Kier alpha value is -1.55. The van der Waals surface area contributed by atoms with E-state index in [2.05, 4.69) is 0 Å². The number of aryl methyl sites for hydroxylation is 1. The third kappa shape index (κ3) is 5.30. The smallest absolute Gasteiger partial charge is 0.306 e. The molecular formula is C15H20O4. The molecule has 1 atom stereocenters. The lowest BCUT2D eigenvalue weighted by Gasteiger charge is -2.06. The van der Waals surface area contributed by atoms with Crippen LogP contribution in [0.1, 0.15) is 25.3 Å². The molecule has 0 bridgehead atoms. The monoisotopic (exact) mass is 264 g/mol. The third-order valence-corrected chi connectivity index (χ3v) is 2.85. The van der Waals surface area contributed by atoms with Crippen LogP contribution < -0.4 is 4.74 Å². The van der Waals surface area contributed by atoms with Crippen LogP contribution in [0.4, 0.5) is 0 Å². The van der Waals surface area contributed by atoms with E-state index in [1.165, 1.54) is 0 Å². The Kier molecular flexibility index (Phi) is 5.21. The standard InChI is InChI=1S/C15H20O4/c1-2-9-17-15(16)8-5-12-3-6-13(7-4-12)18-10-14-11-19-14/h3-4,6-7,14H,2,5,8-11H2,1H3. The topological polar surface area (TPSA) is 48.1 Å². The molecule has 2 rings (SSSR count). The van der Waals surface area contributed by atoms with Gasteiger partial charge < -0.3 is 14.2 Å². The summed E-state index contributed by atoms with van der Waals surface area (Å²) >= 11 is 0. The summed E-state index contributed by atoms with van der Waals surface area (Å²) < 4.78 is 15.7. The fourth-order valence-electron chi connectivity index (χ4n) is 1.64. The van der Waals surface area contributed by atoms with E-state index in [9.17, 15) is 4.79 Å². The zero-order valence-electron chi connectivity index (χ0n) is 11.3. The van der Waals surface area contributed by atoms with Crippen molar-refractivity contribution in [1.82, 2.24) is 0 Å². The Balaban J connectivity index is 1.69. The van der Waals surface area contributed by atoms with Crippen LogP contribution in [0, 0.1) is 0 Å².